The summed E-state index contributed by atoms with van der Waals surface area (Å²) in [5.74, 6) is 0.543. The highest BCUT2D eigenvalue weighted by molar-refractivity contribution is 7.90. The van der Waals surface area contributed by atoms with Crippen LogP contribution < -0.4 is 16.4 Å². The molecule has 0 saturated carbocycles. The standard InChI is InChI=1S/C17H21ClN6O3S/c1-28(26,27)15-5-3-2-4-12(15)9-21-16-14(18)11-22-17(24-16)23-13(8-19)10-20-6-7-25/h2-5,8,10-11,25H,6-7,9,19H2,1H3,(H2,21,22,23,24). The fourth-order valence-electron chi connectivity index (χ4n) is 2.21. The van der Waals surface area contributed by atoms with Gasteiger partial charge in [-0.3, -0.25) is 4.99 Å². The van der Waals surface area contributed by atoms with Crippen LogP contribution in [0.15, 0.2) is 52.2 Å². The first-order valence-electron chi connectivity index (χ1n) is 8.19. The van der Waals surface area contributed by atoms with Crippen LogP contribution in [0.1, 0.15) is 5.56 Å². The van der Waals surface area contributed by atoms with Gasteiger partial charge in [-0.1, -0.05) is 29.8 Å². The molecule has 9 nitrogen and oxygen atoms in total. The minimum absolute atomic E-state index is 0.0746. The number of allylic oxidation sites excluding steroid dienone is 1. The predicted molar refractivity (Wildman–Crippen MR) is 110 cm³/mol. The molecular formula is C17H21ClN6O3S. The highest BCUT2D eigenvalue weighted by atomic mass is 35.5. The number of hydrogen-bond donors (Lipinski definition) is 4. The van der Waals surface area contributed by atoms with E-state index in [-0.39, 0.29) is 35.6 Å². The van der Waals surface area contributed by atoms with Gasteiger partial charge in [0.25, 0.3) is 0 Å². The van der Waals surface area contributed by atoms with E-state index in [1.54, 1.807) is 24.3 Å². The lowest BCUT2D eigenvalue weighted by molar-refractivity contribution is 0.307. The first-order chi connectivity index (χ1) is 13.3. The van der Waals surface area contributed by atoms with Crippen LogP contribution in [0.25, 0.3) is 0 Å². The molecule has 0 amide bonds. The smallest absolute Gasteiger partial charge is 0.229 e. The first-order valence-corrected chi connectivity index (χ1v) is 10.5. The number of aliphatic imine (C=N–C) groups is 1. The molecule has 0 fully saturated rings. The molecule has 0 radical (unpaired) electrons. The summed E-state index contributed by atoms with van der Waals surface area (Å²) < 4.78 is 23.8. The Balaban J connectivity index is 2.17. The number of aromatic nitrogens is 2. The fraction of sp³-hybridized carbons (Fsp3) is 0.235. The van der Waals surface area contributed by atoms with E-state index in [9.17, 15) is 8.42 Å². The second-order valence-electron chi connectivity index (χ2n) is 5.63. The second-order valence-corrected chi connectivity index (χ2v) is 8.02. The number of halogens is 1. The van der Waals surface area contributed by atoms with E-state index in [0.29, 0.717) is 17.1 Å². The molecule has 0 aliphatic carbocycles. The number of sulfone groups is 1. The highest BCUT2D eigenvalue weighted by Gasteiger charge is 2.13. The average molecular weight is 425 g/mol. The zero-order valence-corrected chi connectivity index (χ0v) is 16.7. The minimum Gasteiger partial charge on any atom is -0.403 e. The molecule has 0 saturated heterocycles. The van der Waals surface area contributed by atoms with Crippen LogP contribution in [0.2, 0.25) is 5.02 Å². The molecule has 150 valence electrons. The monoisotopic (exact) mass is 424 g/mol. The van der Waals surface area contributed by atoms with E-state index in [1.165, 1.54) is 18.6 Å². The van der Waals surface area contributed by atoms with Gasteiger partial charge in [-0.25, -0.2) is 13.4 Å². The van der Waals surface area contributed by atoms with Crippen LogP contribution in [0.3, 0.4) is 0 Å². The van der Waals surface area contributed by atoms with Gasteiger partial charge in [0, 0.05) is 25.2 Å². The van der Waals surface area contributed by atoms with Gasteiger partial charge in [-0.05, 0) is 11.6 Å². The number of aliphatic hydroxyl groups is 1. The molecule has 0 aliphatic heterocycles. The third-order valence-electron chi connectivity index (χ3n) is 3.46. The van der Waals surface area contributed by atoms with E-state index in [4.69, 9.17) is 22.4 Å². The van der Waals surface area contributed by atoms with Crippen molar-refractivity contribution in [1.29, 1.82) is 0 Å². The normalized spacial score (nSPS) is 12.3. The molecule has 28 heavy (non-hydrogen) atoms. The Morgan fingerprint density at radius 2 is 2.14 bits per heavy atom. The van der Waals surface area contributed by atoms with E-state index in [1.807, 2.05) is 0 Å². The van der Waals surface area contributed by atoms with Gasteiger partial charge < -0.3 is 21.5 Å². The first kappa shape index (κ1) is 21.6. The minimum atomic E-state index is -3.36. The summed E-state index contributed by atoms with van der Waals surface area (Å²) in [5, 5.41) is 14.9. The number of rotatable bonds is 9. The Hall–Kier alpha value is -2.69. The number of aliphatic hydroxyl groups excluding tert-OH is 1. The number of nitrogens with two attached hydrogens (primary N) is 1. The predicted octanol–water partition coefficient (Wildman–Crippen LogP) is 1.42. The van der Waals surface area contributed by atoms with Gasteiger partial charge in [0.15, 0.2) is 15.7 Å². The summed E-state index contributed by atoms with van der Waals surface area (Å²) >= 11 is 6.14. The maximum absolute atomic E-state index is 11.9. The molecule has 2 rings (SSSR count). The topological polar surface area (TPSA) is 143 Å². The number of nitrogens with zero attached hydrogens (tertiary/aromatic N) is 3. The number of anilines is 2. The summed E-state index contributed by atoms with van der Waals surface area (Å²) in [4.78, 5) is 12.5. The van der Waals surface area contributed by atoms with Crippen molar-refractivity contribution in [3.8, 4) is 0 Å². The average Bonchev–Trinajstić information content (AvgIpc) is 2.67. The summed E-state index contributed by atoms with van der Waals surface area (Å²) in [6.45, 7) is 0.374. The van der Waals surface area contributed by atoms with Crippen molar-refractivity contribution in [2.24, 2.45) is 10.7 Å². The van der Waals surface area contributed by atoms with Crippen LogP contribution in [0.4, 0.5) is 11.8 Å². The van der Waals surface area contributed by atoms with Crippen LogP contribution in [-0.2, 0) is 16.4 Å². The van der Waals surface area contributed by atoms with Crippen molar-refractivity contribution >= 4 is 39.4 Å². The van der Waals surface area contributed by atoms with Gasteiger partial charge in [-0.2, -0.15) is 4.98 Å². The summed E-state index contributed by atoms with van der Waals surface area (Å²) in [6, 6.07) is 6.68. The fourth-order valence-corrected chi connectivity index (χ4v) is 3.31. The van der Waals surface area contributed by atoms with E-state index >= 15 is 0 Å². The van der Waals surface area contributed by atoms with Crippen molar-refractivity contribution in [3.05, 3.63) is 52.9 Å². The van der Waals surface area contributed by atoms with E-state index < -0.39 is 9.84 Å². The maximum Gasteiger partial charge on any atom is 0.229 e. The molecule has 1 aromatic carbocycles. The van der Waals surface area contributed by atoms with Crippen LogP contribution >= 0.6 is 11.6 Å². The lowest BCUT2D eigenvalue weighted by Gasteiger charge is -2.12. The van der Waals surface area contributed by atoms with Gasteiger partial charge in [0.1, 0.15) is 5.02 Å². The zero-order chi connectivity index (χ0) is 20.6. The second kappa shape index (κ2) is 10.0. The molecule has 0 spiro atoms. The highest BCUT2D eigenvalue weighted by Crippen LogP contribution is 2.22. The molecule has 1 heterocycles. The third kappa shape index (κ3) is 6.19. The Morgan fingerprint density at radius 3 is 2.82 bits per heavy atom. The molecule has 0 unspecified atom stereocenters. The Morgan fingerprint density at radius 1 is 1.39 bits per heavy atom. The Bertz CT molecular complexity index is 979. The molecule has 11 heteroatoms. The Labute approximate surface area is 168 Å². The molecular weight excluding hydrogens is 404 g/mol. The van der Waals surface area contributed by atoms with Crippen molar-refractivity contribution in [1.82, 2.24) is 9.97 Å². The van der Waals surface area contributed by atoms with Crippen molar-refractivity contribution in [3.63, 3.8) is 0 Å². The number of nitrogens with one attached hydrogen (secondary N) is 2. The lowest BCUT2D eigenvalue weighted by atomic mass is 10.2. The largest absolute Gasteiger partial charge is 0.403 e. The SMILES string of the molecule is CS(=O)(=O)c1ccccc1CNc1nc(NC(C=NCCO)=CN)ncc1Cl. The van der Waals surface area contributed by atoms with Crippen molar-refractivity contribution in [2.75, 3.05) is 30.0 Å². The van der Waals surface area contributed by atoms with E-state index in [0.717, 1.165) is 6.26 Å². The maximum atomic E-state index is 11.9. The van der Waals surface area contributed by atoms with Crippen LogP contribution in [0, 0.1) is 0 Å². The Kier molecular flexibility index (Phi) is 7.73. The molecule has 0 atom stereocenters. The van der Waals surface area contributed by atoms with Crippen LogP contribution in [-0.4, -0.2) is 49.1 Å². The summed E-state index contributed by atoms with van der Waals surface area (Å²) in [6.07, 6.45) is 5.29. The quantitative estimate of drug-likeness (QED) is 0.442. The molecule has 0 bridgehead atoms. The van der Waals surface area contributed by atoms with Crippen LogP contribution in [0.5, 0.6) is 0 Å². The zero-order valence-electron chi connectivity index (χ0n) is 15.1. The van der Waals surface area contributed by atoms with E-state index in [2.05, 4.69) is 25.6 Å². The lowest BCUT2D eigenvalue weighted by Crippen LogP contribution is -2.11. The molecule has 5 N–H and O–H groups in total. The summed E-state index contributed by atoms with van der Waals surface area (Å²) in [7, 11) is -3.36. The van der Waals surface area contributed by atoms with Gasteiger partial charge in [0.05, 0.1) is 29.9 Å². The summed E-state index contributed by atoms with van der Waals surface area (Å²) in [5.41, 5.74) is 6.56. The van der Waals surface area contributed by atoms with Gasteiger partial charge >= 0.3 is 0 Å². The third-order valence-corrected chi connectivity index (χ3v) is 4.93. The molecule has 0 aliphatic rings. The van der Waals surface area contributed by atoms with Crippen molar-refractivity contribution < 1.29 is 13.5 Å². The number of hydrogen-bond acceptors (Lipinski definition) is 9. The molecule has 2 aromatic rings. The molecule has 1 aromatic heterocycles. The number of benzene rings is 1. The van der Waals surface area contributed by atoms with Gasteiger partial charge in [0.2, 0.25) is 5.95 Å². The van der Waals surface area contributed by atoms with Crippen molar-refractivity contribution in [2.45, 2.75) is 11.4 Å². The van der Waals surface area contributed by atoms with Gasteiger partial charge in [-0.15, -0.1) is 0 Å².